The second kappa shape index (κ2) is 14.1. The Labute approximate surface area is 337 Å². The minimum atomic E-state index is 0.883. The first-order valence-corrected chi connectivity index (χ1v) is 19.8. The Bertz CT molecular complexity index is 3270. The third kappa shape index (κ3) is 5.91. The fourth-order valence-corrected chi connectivity index (χ4v) is 8.63. The van der Waals surface area contributed by atoms with Gasteiger partial charge in [-0.3, -0.25) is 0 Å². The minimum Gasteiger partial charge on any atom is -0.455 e. The minimum absolute atomic E-state index is 0.883. The molecule has 0 amide bonds. The zero-order chi connectivity index (χ0) is 38.4. The van der Waals surface area contributed by atoms with E-state index in [2.05, 4.69) is 217 Å². The highest BCUT2D eigenvalue weighted by Crippen LogP contribution is 2.43. The van der Waals surface area contributed by atoms with E-state index in [0.717, 1.165) is 61.6 Å². The number of benzene rings is 10. The van der Waals surface area contributed by atoms with Crippen LogP contribution in [0.1, 0.15) is 0 Å². The van der Waals surface area contributed by atoms with Crippen molar-refractivity contribution in [2.45, 2.75) is 0 Å². The standard InChI is InChI=1S/C56H37NO/c1-2-14-41(15-3-1)55-52-23-10-11-24-54(52)58-56(55)45-19-12-18-42(35-45)39-25-30-46(31-26-39)57(48-34-27-38-13-4-5-16-43(38)36-48)47-32-28-40(29-33-47)53-37-44-17-6-7-20-49(44)50-21-8-9-22-51(50)53/h1-37H. The van der Waals surface area contributed by atoms with Crippen LogP contribution in [0, 0.1) is 0 Å². The Balaban J connectivity index is 0.984. The van der Waals surface area contributed by atoms with Gasteiger partial charge in [0, 0.05) is 33.6 Å². The van der Waals surface area contributed by atoms with E-state index in [-0.39, 0.29) is 0 Å². The molecule has 10 aromatic carbocycles. The Morgan fingerprint density at radius 3 is 1.64 bits per heavy atom. The molecule has 11 rings (SSSR count). The molecule has 0 N–H and O–H groups in total. The van der Waals surface area contributed by atoms with Crippen molar-refractivity contribution in [2.24, 2.45) is 0 Å². The molecule has 0 aliphatic heterocycles. The highest BCUT2D eigenvalue weighted by Gasteiger charge is 2.19. The number of fused-ring (bicyclic) bond motifs is 5. The van der Waals surface area contributed by atoms with Crippen molar-refractivity contribution in [1.29, 1.82) is 0 Å². The summed E-state index contributed by atoms with van der Waals surface area (Å²) in [7, 11) is 0. The van der Waals surface area contributed by atoms with Crippen LogP contribution in [0.4, 0.5) is 17.1 Å². The van der Waals surface area contributed by atoms with E-state index < -0.39 is 0 Å². The Kier molecular flexibility index (Phi) is 8.19. The first kappa shape index (κ1) is 33.6. The van der Waals surface area contributed by atoms with Crippen molar-refractivity contribution in [3.8, 4) is 44.7 Å². The van der Waals surface area contributed by atoms with Gasteiger partial charge in [-0.15, -0.1) is 0 Å². The molecule has 2 nitrogen and oxygen atoms in total. The molecule has 0 saturated carbocycles. The maximum atomic E-state index is 6.58. The summed E-state index contributed by atoms with van der Waals surface area (Å²) in [6.07, 6.45) is 0. The smallest absolute Gasteiger partial charge is 0.143 e. The van der Waals surface area contributed by atoms with Crippen molar-refractivity contribution < 1.29 is 4.42 Å². The van der Waals surface area contributed by atoms with Crippen LogP contribution in [0.25, 0.3) is 88.0 Å². The number of hydrogen-bond acceptors (Lipinski definition) is 2. The molecule has 0 radical (unpaired) electrons. The maximum Gasteiger partial charge on any atom is 0.143 e. The largest absolute Gasteiger partial charge is 0.455 e. The van der Waals surface area contributed by atoms with Crippen molar-refractivity contribution in [3.63, 3.8) is 0 Å². The molecule has 0 unspecified atom stereocenters. The summed E-state index contributed by atoms with van der Waals surface area (Å²) in [6, 6.07) is 80.5. The topological polar surface area (TPSA) is 16.4 Å². The number of furan rings is 1. The lowest BCUT2D eigenvalue weighted by Crippen LogP contribution is -2.09. The molecule has 0 aliphatic carbocycles. The molecule has 1 heterocycles. The number of hydrogen-bond donors (Lipinski definition) is 0. The summed E-state index contributed by atoms with van der Waals surface area (Å²) in [5, 5.41) is 8.61. The summed E-state index contributed by atoms with van der Waals surface area (Å²) < 4.78 is 6.58. The van der Waals surface area contributed by atoms with Gasteiger partial charge < -0.3 is 9.32 Å². The van der Waals surface area contributed by atoms with Gasteiger partial charge in [-0.05, 0) is 115 Å². The van der Waals surface area contributed by atoms with Crippen LogP contribution < -0.4 is 4.90 Å². The Hall–Kier alpha value is -7.68. The zero-order valence-corrected chi connectivity index (χ0v) is 31.7. The van der Waals surface area contributed by atoms with Crippen LogP contribution >= 0.6 is 0 Å². The number of anilines is 3. The molecule has 0 saturated heterocycles. The molecule has 11 aromatic rings. The van der Waals surface area contributed by atoms with Gasteiger partial charge in [-0.2, -0.15) is 0 Å². The fourth-order valence-electron chi connectivity index (χ4n) is 8.63. The van der Waals surface area contributed by atoms with Crippen LogP contribution in [0.15, 0.2) is 229 Å². The molecule has 0 aliphatic rings. The van der Waals surface area contributed by atoms with Crippen molar-refractivity contribution in [1.82, 2.24) is 0 Å². The monoisotopic (exact) mass is 739 g/mol. The lowest BCUT2D eigenvalue weighted by atomic mass is 9.93. The van der Waals surface area contributed by atoms with Crippen LogP contribution in [-0.2, 0) is 0 Å². The van der Waals surface area contributed by atoms with E-state index in [9.17, 15) is 0 Å². The Morgan fingerprint density at radius 2 is 0.862 bits per heavy atom. The van der Waals surface area contributed by atoms with Crippen molar-refractivity contribution in [2.75, 3.05) is 4.90 Å². The van der Waals surface area contributed by atoms with Gasteiger partial charge in [-0.1, -0.05) is 170 Å². The summed E-state index contributed by atoms with van der Waals surface area (Å²) >= 11 is 0. The summed E-state index contributed by atoms with van der Waals surface area (Å²) in [5.41, 5.74) is 12.2. The van der Waals surface area contributed by atoms with Crippen molar-refractivity contribution in [3.05, 3.63) is 224 Å². The lowest BCUT2D eigenvalue weighted by Gasteiger charge is -2.26. The lowest BCUT2D eigenvalue weighted by molar-refractivity contribution is 0.632. The number of rotatable bonds is 7. The molecular weight excluding hydrogens is 703 g/mol. The molecule has 58 heavy (non-hydrogen) atoms. The zero-order valence-electron chi connectivity index (χ0n) is 31.7. The van der Waals surface area contributed by atoms with Gasteiger partial charge in [0.15, 0.2) is 0 Å². The molecule has 272 valence electrons. The van der Waals surface area contributed by atoms with Gasteiger partial charge >= 0.3 is 0 Å². The molecule has 2 heteroatoms. The molecule has 0 atom stereocenters. The van der Waals surface area contributed by atoms with Crippen molar-refractivity contribution >= 4 is 60.3 Å². The van der Waals surface area contributed by atoms with Gasteiger partial charge in [-0.25, -0.2) is 0 Å². The summed E-state index contributed by atoms with van der Waals surface area (Å²) in [4.78, 5) is 2.36. The van der Waals surface area contributed by atoms with Gasteiger partial charge in [0.05, 0.1) is 0 Å². The third-order valence-electron chi connectivity index (χ3n) is 11.4. The quantitative estimate of drug-likeness (QED) is 0.151. The van der Waals surface area contributed by atoms with E-state index in [4.69, 9.17) is 4.42 Å². The predicted octanol–water partition coefficient (Wildman–Crippen LogP) is 16.0. The summed E-state index contributed by atoms with van der Waals surface area (Å²) in [5.74, 6) is 0.883. The van der Waals surface area contributed by atoms with E-state index in [1.54, 1.807) is 0 Å². The second-order valence-corrected chi connectivity index (χ2v) is 14.9. The second-order valence-electron chi connectivity index (χ2n) is 14.9. The fraction of sp³-hybridized carbons (Fsp3) is 0. The molecule has 1 aromatic heterocycles. The normalized spacial score (nSPS) is 11.4. The number of nitrogens with zero attached hydrogens (tertiary/aromatic N) is 1. The van der Waals surface area contributed by atoms with Gasteiger partial charge in [0.2, 0.25) is 0 Å². The molecular formula is C56H37NO. The summed E-state index contributed by atoms with van der Waals surface area (Å²) in [6.45, 7) is 0. The van der Waals surface area contributed by atoms with E-state index in [0.29, 0.717) is 0 Å². The average molecular weight is 740 g/mol. The molecule has 0 spiro atoms. The van der Waals surface area contributed by atoms with E-state index in [1.807, 2.05) is 12.1 Å². The average Bonchev–Trinajstić information content (AvgIpc) is 3.70. The number of para-hydroxylation sites is 1. The third-order valence-corrected chi connectivity index (χ3v) is 11.4. The van der Waals surface area contributed by atoms with Crippen LogP contribution in [0.3, 0.4) is 0 Å². The Morgan fingerprint density at radius 1 is 0.293 bits per heavy atom. The van der Waals surface area contributed by atoms with E-state index in [1.165, 1.54) is 43.4 Å². The predicted molar refractivity (Wildman–Crippen MR) is 245 cm³/mol. The van der Waals surface area contributed by atoms with Crippen LogP contribution in [-0.4, -0.2) is 0 Å². The van der Waals surface area contributed by atoms with Gasteiger partial charge in [0.1, 0.15) is 11.3 Å². The maximum absolute atomic E-state index is 6.58. The van der Waals surface area contributed by atoms with Crippen LogP contribution in [0.2, 0.25) is 0 Å². The first-order chi connectivity index (χ1) is 28.7. The first-order valence-electron chi connectivity index (χ1n) is 19.8. The van der Waals surface area contributed by atoms with Crippen LogP contribution in [0.5, 0.6) is 0 Å². The molecule has 0 bridgehead atoms. The van der Waals surface area contributed by atoms with E-state index >= 15 is 0 Å². The highest BCUT2D eigenvalue weighted by atomic mass is 16.3. The highest BCUT2D eigenvalue weighted by molar-refractivity contribution is 6.14. The molecule has 0 fully saturated rings. The van der Waals surface area contributed by atoms with Gasteiger partial charge in [0.25, 0.3) is 0 Å². The SMILES string of the molecule is c1ccc(-c2c(-c3cccc(-c4ccc(N(c5ccc(-c6cc7ccccc7c7ccccc67)cc5)c5ccc6ccccc6c5)cc4)c3)oc3ccccc23)cc1.